The third-order valence-electron chi connectivity index (χ3n) is 3.16. The SMILES string of the molecule is CCC(CCCc1ccccc1C)NC. The van der Waals surface area contributed by atoms with Crippen molar-refractivity contribution in [3.63, 3.8) is 0 Å². The molecule has 15 heavy (non-hydrogen) atoms. The van der Waals surface area contributed by atoms with Crippen molar-refractivity contribution in [2.75, 3.05) is 7.05 Å². The molecule has 1 heteroatoms. The molecule has 0 aliphatic rings. The lowest BCUT2D eigenvalue weighted by molar-refractivity contribution is 0.491. The van der Waals surface area contributed by atoms with E-state index in [4.69, 9.17) is 0 Å². The topological polar surface area (TPSA) is 12.0 Å². The van der Waals surface area contributed by atoms with E-state index in [1.807, 2.05) is 0 Å². The number of benzene rings is 1. The van der Waals surface area contributed by atoms with Crippen LogP contribution in [0.5, 0.6) is 0 Å². The minimum Gasteiger partial charge on any atom is -0.317 e. The van der Waals surface area contributed by atoms with Crippen molar-refractivity contribution in [2.24, 2.45) is 0 Å². The number of aryl methyl sites for hydroxylation is 2. The molecule has 0 saturated heterocycles. The number of nitrogens with one attached hydrogen (secondary N) is 1. The first-order valence-electron chi connectivity index (χ1n) is 5.99. The molecule has 1 N–H and O–H groups in total. The summed E-state index contributed by atoms with van der Waals surface area (Å²) >= 11 is 0. The van der Waals surface area contributed by atoms with Gasteiger partial charge in [0.25, 0.3) is 0 Å². The van der Waals surface area contributed by atoms with Gasteiger partial charge in [-0.05, 0) is 50.8 Å². The molecule has 0 spiro atoms. The molecule has 1 atom stereocenters. The van der Waals surface area contributed by atoms with Gasteiger partial charge in [0, 0.05) is 6.04 Å². The van der Waals surface area contributed by atoms with Crippen LogP contribution in [0, 0.1) is 6.92 Å². The molecule has 0 fully saturated rings. The highest BCUT2D eigenvalue weighted by molar-refractivity contribution is 5.25. The Kier molecular flexibility index (Phi) is 5.41. The molecule has 0 heterocycles. The maximum absolute atomic E-state index is 3.35. The van der Waals surface area contributed by atoms with E-state index in [-0.39, 0.29) is 0 Å². The fourth-order valence-corrected chi connectivity index (χ4v) is 1.98. The van der Waals surface area contributed by atoms with Crippen LogP contribution in [-0.2, 0) is 6.42 Å². The van der Waals surface area contributed by atoms with Crippen LogP contribution >= 0.6 is 0 Å². The molecule has 0 radical (unpaired) electrons. The van der Waals surface area contributed by atoms with Crippen molar-refractivity contribution in [2.45, 2.75) is 45.6 Å². The Hall–Kier alpha value is -0.820. The quantitative estimate of drug-likeness (QED) is 0.751. The smallest absolute Gasteiger partial charge is 0.00615 e. The molecule has 0 saturated carbocycles. The first-order chi connectivity index (χ1) is 7.27. The van der Waals surface area contributed by atoms with Crippen LogP contribution < -0.4 is 5.32 Å². The fraction of sp³-hybridized carbons (Fsp3) is 0.571. The van der Waals surface area contributed by atoms with Crippen molar-refractivity contribution in [3.8, 4) is 0 Å². The first-order valence-corrected chi connectivity index (χ1v) is 5.99. The highest BCUT2D eigenvalue weighted by Gasteiger charge is 2.03. The summed E-state index contributed by atoms with van der Waals surface area (Å²) in [4.78, 5) is 0. The second-order valence-corrected chi connectivity index (χ2v) is 4.21. The van der Waals surface area contributed by atoms with E-state index < -0.39 is 0 Å². The van der Waals surface area contributed by atoms with Gasteiger partial charge in [0.1, 0.15) is 0 Å². The van der Waals surface area contributed by atoms with Crippen LogP contribution in [0.25, 0.3) is 0 Å². The van der Waals surface area contributed by atoms with Crippen LogP contribution in [-0.4, -0.2) is 13.1 Å². The zero-order valence-electron chi connectivity index (χ0n) is 10.2. The maximum Gasteiger partial charge on any atom is 0.00615 e. The van der Waals surface area contributed by atoms with Crippen LogP contribution in [0.15, 0.2) is 24.3 Å². The zero-order chi connectivity index (χ0) is 11.1. The van der Waals surface area contributed by atoms with Crippen LogP contribution in [0.2, 0.25) is 0 Å². The molecule has 1 aromatic rings. The third kappa shape index (κ3) is 4.05. The van der Waals surface area contributed by atoms with E-state index in [2.05, 4.69) is 50.5 Å². The summed E-state index contributed by atoms with van der Waals surface area (Å²) in [7, 11) is 2.06. The highest BCUT2D eigenvalue weighted by atomic mass is 14.9. The van der Waals surface area contributed by atoms with Crippen molar-refractivity contribution in [1.82, 2.24) is 5.32 Å². The molecule has 1 rings (SSSR count). The van der Waals surface area contributed by atoms with Gasteiger partial charge in [-0.15, -0.1) is 0 Å². The van der Waals surface area contributed by atoms with E-state index in [9.17, 15) is 0 Å². The Morgan fingerprint density at radius 2 is 2.00 bits per heavy atom. The van der Waals surface area contributed by atoms with Crippen LogP contribution in [0.4, 0.5) is 0 Å². The van der Waals surface area contributed by atoms with Gasteiger partial charge in [-0.1, -0.05) is 31.2 Å². The average molecular weight is 205 g/mol. The Bertz CT molecular complexity index is 276. The normalized spacial score (nSPS) is 12.7. The van der Waals surface area contributed by atoms with E-state index >= 15 is 0 Å². The molecule has 0 amide bonds. The summed E-state index contributed by atoms with van der Waals surface area (Å²) in [5.74, 6) is 0. The van der Waals surface area contributed by atoms with E-state index in [0.29, 0.717) is 6.04 Å². The second kappa shape index (κ2) is 6.62. The number of hydrogen-bond donors (Lipinski definition) is 1. The monoisotopic (exact) mass is 205 g/mol. The summed E-state index contributed by atoms with van der Waals surface area (Å²) in [6.07, 6.45) is 5.00. The standard InChI is InChI=1S/C14H23N/c1-4-14(15-3)11-7-10-13-9-6-5-8-12(13)2/h5-6,8-9,14-15H,4,7,10-11H2,1-3H3. The van der Waals surface area contributed by atoms with E-state index in [1.54, 1.807) is 0 Å². The lowest BCUT2D eigenvalue weighted by Gasteiger charge is -2.13. The van der Waals surface area contributed by atoms with Crippen LogP contribution in [0.3, 0.4) is 0 Å². The Balaban J connectivity index is 2.34. The predicted octanol–water partition coefficient (Wildman–Crippen LogP) is 3.32. The molecule has 0 aromatic heterocycles. The lowest BCUT2D eigenvalue weighted by Crippen LogP contribution is -2.23. The molecule has 0 aliphatic heterocycles. The second-order valence-electron chi connectivity index (χ2n) is 4.21. The molecule has 0 aliphatic carbocycles. The van der Waals surface area contributed by atoms with Gasteiger partial charge < -0.3 is 5.32 Å². The van der Waals surface area contributed by atoms with Gasteiger partial charge >= 0.3 is 0 Å². The summed E-state index contributed by atoms with van der Waals surface area (Å²) in [6.45, 7) is 4.44. The van der Waals surface area contributed by atoms with Crippen molar-refractivity contribution in [3.05, 3.63) is 35.4 Å². The minimum absolute atomic E-state index is 0.689. The highest BCUT2D eigenvalue weighted by Crippen LogP contribution is 2.12. The maximum atomic E-state index is 3.35. The minimum atomic E-state index is 0.689. The fourth-order valence-electron chi connectivity index (χ4n) is 1.98. The van der Waals surface area contributed by atoms with Crippen LogP contribution in [0.1, 0.15) is 37.3 Å². The Morgan fingerprint density at radius 1 is 1.27 bits per heavy atom. The summed E-state index contributed by atoms with van der Waals surface area (Å²) in [5, 5.41) is 3.35. The average Bonchev–Trinajstić information content (AvgIpc) is 2.27. The lowest BCUT2D eigenvalue weighted by atomic mass is 10.0. The molecule has 84 valence electrons. The van der Waals surface area contributed by atoms with Gasteiger partial charge in [0.2, 0.25) is 0 Å². The Labute approximate surface area is 93.9 Å². The first kappa shape index (κ1) is 12.3. The van der Waals surface area contributed by atoms with Crippen molar-refractivity contribution >= 4 is 0 Å². The van der Waals surface area contributed by atoms with Crippen molar-refractivity contribution in [1.29, 1.82) is 0 Å². The van der Waals surface area contributed by atoms with Gasteiger partial charge in [-0.3, -0.25) is 0 Å². The predicted molar refractivity (Wildman–Crippen MR) is 67.3 cm³/mol. The molecule has 1 nitrogen and oxygen atoms in total. The van der Waals surface area contributed by atoms with Gasteiger partial charge in [0.05, 0.1) is 0 Å². The molecule has 1 aromatic carbocycles. The van der Waals surface area contributed by atoms with Gasteiger partial charge in [-0.2, -0.15) is 0 Å². The number of rotatable bonds is 6. The summed E-state index contributed by atoms with van der Waals surface area (Å²) in [5.41, 5.74) is 2.93. The summed E-state index contributed by atoms with van der Waals surface area (Å²) in [6, 6.07) is 9.38. The number of hydrogen-bond acceptors (Lipinski definition) is 1. The Morgan fingerprint density at radius 3 is 2.60 bits per heavy atom. The molecule has 0 bridgehead atoms. The zero-order valence-corrected chi connectivity index (χ0v) is 10.2. The summed E-state index contributed by atoms with van der Waals surface area (Å²) < 4.78 is 0. The molecule has 1 unspecified atom stereocenters. The largest absolute Gasteiger partial charge is 0.317 e. The van der Waals surface area contributed by atoms with Gasteiger partial charge in [0.15, 0.2) is 0 Å². The van der Waals surface area contributed by atoms with Crippen molar-refractivity contribution < 1.29 is 0 Å². The van der Waals surface area contributed by atoms with Gasteiger partial charge in [-0.25, -0.2) is 0 Å². The van der Waals surface area contributed by atoms with E-state index in [0.717, 1.165) is 0 Å². The third-order valence-corrected chi connectivity index (χ3v) is 3.16. The molecular weight excluding hydrogens is 182 g/mol. The van der Waals surface area contributed by atoms with E-state index in [1.165, 1.54) is 36.8 Å². The molecular formula is C14H23N.